The summed E-state index contributed by atoms with van der Waals surface area (Å²) in [6.45, 7) is 5.56. The summed E-state index contributed by atoms with van der Waals surface area (Å²) in [6, 6.07) is 22.9. The normalized spacial score (nSPS) is 10.1. The van der Waals surface area contributed by atoms with Gasteiger partial charge in [0.05, 0.1) is 5.69 Å². The number of rotatable bonds is 5. The molecule has 0 aliphatic heterocycles. The van der Waals surface area contributed by atoms with E-state index in [4.69, 9.17) is 9.47 Å². The van der Waals surface area contributed by atoms with E-state index in [0.717, 1.165) is 22.7 Å². The Morgan fingerprint density at radius 1 is 0.696 bits per heavy atom. The lowest BCUT2D eigenvalue weighted by atomic mass is 10.2. The highest BCUT2D eigenvalue weighted by molar-refractivity contribution is 5.50. The van der Waals surface area contributed by atoms with Crippen molar-refractivity contribution < 1.29 is 9.47 Å². The maximum Gasteiger partial charge on any atom is 0.131 e. The molecular formula is C20H17NO2. The zero-order valence-corrected chi connectivity index (χ0v) is 12.9. The Morgan fingerprint density at radius 2 is 1.22 bits per heavy atom. The zero-order chi connectivity index (χ0) is 16.1. The van der Waals surface area contributed by atoms with Crippen LogP contribution in [0.2, 0.25) is 0 Å². The van der Waals surface area contributed by atoms with Gasteiger partial charge in [0, 0.05) is 12.1 Å². The van der Waals surface area contributed by atoms with Crippen LogP contribution in [0.1, 0.15) is 5.56 Å². The average molecular weight is 303 g/mol. The maximum absolute atomic E-state index is 5.87. The summed E-state index contributed by atoms with van der Waals surface area (Å²) in [5, 5.41) is 0. The fourth-order valence-electron chi connectivity index (χ4n) is 2.20. The molecule has 3 aromatic rings. The summed E-state index contributed by atoms with van der Waals surface area (Å²) in [6.07, 6.45) is 0. The van der Waals surface area contributed by atoms with Gasteiger partial charge in [-0.1, -0.05) is 24.3 Å². The van der Waals surface area contributed by atoms with Crippen LogP contribution < -0.4 is 9.47 Å². The summed E-state index contributed by atoms with van der Waals surface area (Å²) >= 11 is 0. The Balaban J connectivity index is 1.78. The Bertz CT molecular complexity index is 827. The van der Waals surface area contributed by atoms with E-state index >= 15 is 0 Å². The van der Waals surface area contributed by atoms with Crippen molar-refractivity contribution in [1.29, 1.82) is 0 Å². The highest BCUT2D eigenvalue weighted by atomic mass is 16.5. The van der Waals surface area contributed by atoms with Gasteiger partial charge < -0.3 is 9.47 Å². The third-order valence-electron chi connectivity index (χ3n) is 3.27. The summed E-state index contributed by atoms with van der Waals surface area (Å²) in [5.74, 6) is 2.95. The van der Waals surface area contributed by atoms with E-state index in [-0.39, 0.29) is 0 Å². The van der Waals surface area contributed by atoms with Crippen molar-refractivity contribution in [2.24, 2.45) is 4.99 Å². The van der Waals surface area contributed by atoms with Gasteiger partial charge >= 0.3 is 0 Å². The van der Waals surface area contributed by atoms with E-state index in [1.165, 1.54) is 0 Å². The third-order valence-corrected chi connectivity index (χ3v) is 3.27. The first-order valence-electron chi connectivity index (χ1n) is 7.32. The quantitative estimate of drug-likeness (QED) is 0.548. The Kier molecular flexibility index (Phi) is 4.39. The minimum atomic E-state index is 0.705. The van der Waals surface area contributed by atoms with Gasteiger partial charge in [0.2, 0.25) is 0 Å². The van der Waals surface area contributed by atoms with Gasteiger partial charge in [-0.3, -0.25) is 4.99 Å². The standard InChI is InChI=1S/C20H17NO2/c1-15-6-3-8-17(12-15)22-19-10-5-11-20(14-19)23-18-9-4-7-16(13-18)21-2/h3-14H,2H2,1H3. The minimum absolute atomic E-state index is 0.705. The molecule has 0 saturated carbocycles. The number of hydrogen-bond acceptors (Lipinski definition) is 3. The van der Waals surface area contributed by atoms with Gasteiger partial charge in [-0.05, 0) is 55.6 Å². The molecule has 3 heteroatoms. The molecule has 23 heavy (non-hydrogen) atoms. The van der Waals surface area contributed by atoms with E-state index in [1.54, 1.807) is 0 Å². The van der Waals surface area contributed by atoms with Crippen LogP contribution in [0.25, 0.3) is 0 Å². The largest absolute Gasteiger partial charge is 0.457 e. The van der Waals surface area contributed by atoms with Crippen molar-refractivity contribution in [3.05, 3.63) is 78.4 Å². The van der Waals surface area contributed by atoms with Crippen LogP contribution in [0.5, 0.6) is 23.0 Å². The monoisotopic (exact) mass is 303 g/mol. The van der Waals surface area contributed by atoms with Crippen molar-refractivity contribution in [2.45, 2.75) is 6.92 Å². The third kappa shape index (κ3) is 3.98. The smallest absolute Gasteiger partial charge is 0.131 e. The van der Waals surface area contributed by atoms with Crippen LogP contribution in [0.4, 0.5) is 5.69 Å². The molecule has 0 aromatic heterocycles. The van der Waals surface area contributed by atoms with E-state index in [1.807, 2.05) is 79.7 Å². The number of hydrogen-bond donors (Lipinski definition) is 0. The molecule has 0 bridgehead atoms. The number of benzene rings is 3. The molecule has 0 heterocycles. The van der Waals surface area contributed by atoms with Gasteiger partial charge in [0.25, 0.3) is 0 Å². The van der Waals surface area contributed by atoms with Crippen LogP contribution in [0, 0.1) is 6.92 Å². The fraction of sp³-hybridized carbons (Fsp3) is 0.0500. The molecule has 3 aromatic carbocycles. The van der Waals surface area contributed by atoms with E-state index < -0.39 is 0 Å². The lowest BCUT2D eigenvalue weighted by molar-refractivity contribution is 0.460. The lowest BCUT2D eigenvalue weighted by Crippen LogP contribution is -1.87. The van der Waals surface area contributed by atoms with E-state index in [9.17, 15) is 0 Å². The molecule has 0 radical (unpaired) electrons. The average Bonchev–Trinajstić information content (AvgIpc) is 2.55. The predicted octanol–water partition coefficient (Wildman–Crippen LogP) is 5.91. The van der Waals surface area contributed by atoms with Crippen LogP contribution in [-0.4, -0.2) is 6.72 Å². The zero-order valence-electron chi connectivity index (χ0n) is 12.9. The molecule has 0 N–H and O–H groups in total. The molecule has 0 aliphatic carbocycles. The Hall–Kier alpha value is -3.07. The molecule has 0 fully saturated rings. The van der Waals surface area contributed by atoms with E-state index in [0.29, 0.717) is 11.5 Å². The Labute approximate surface area is 135 Å². The van der Waals surface area contributed by atoms with Crippen molar-refractivity contribution >= 4 is 12.4 Å². The van der Waals surface area contributed by atoms with Crippen LogP contribution >= 0.6 is 0 Å². The molecule has 0 atom stereocenters. The van der Waals surface area contributed by atoms with Gasteiger partial charge in [-0.15, -0.1) is 0 Å². The summed E-state index contributed by atoms with van der Waals surface area (Å²) < 4.78 is 11.7. The van der Waals surface area contributed by atoms with Crippen LogP contribution in [-0.2, 0) is 0 Å². The second-order valence-corrected chi connectivity index (χ2v) is 5.15. The second kappa shape index (κ2) is 6.79. The molecule has 0 amide bonds. The highest BCUT2D eigenvalue weighted by Gasteiger charge is 2.02. The molecular weight excluding hydrogens is 286 g/mol. The number of aryl methyl sites for hydroxylation is 1. The molecule has 0 saturated heterocycles. The van der Waals surface area contributed by atoms with Gasteiger partial charge in [0.15, 0.2) is 0 Å². The molecule has 3 nitrogen and oxygen atoms in total. The lowest BCUT2D eigenvalue weighted by Gasteiger charge is -2.10. The highest BCUT2D eigenvalue weighted by Crippen LogP contribution is 2.29. The maximum atomic E-state index is 5.87. The molecule has 3 rings (SSSR count). The summed E-state index contributed by atoms with van der Waals surface area (Å²) in [7, 11) is 0. The van der Waals surface area contributed by atoms with Crippen molar-refractivity contribution in [3.63, 3.8) is 0 Å². The first-order valence-corrected chi connectivity index (χ1v) is 7.32. The summed E-state index contributed by atoms with van der Waals surface area (Å²) in [5.41, 5.74) is 1.93. The molecule has 114 valence electrons. The van der Waals surface area contributed by atoms with Gasteiger partial charge in [-0.25, -0.2) is 0 Å². The summed E-state index contributed by atoms with van der Waals surface area (Å²) in [4.78, 5) is 3.90. The fourth-order valence-corrected chi connectivity index (χ4v) is 2.20. The van der Waals surface area contributed by atoms with Gasteiger partial charge in [-0.2, -0.15) is 0 Å². The predicted molar refractivity (Wildman–Crippen MR) is 93.4 cm³/mol. The topological polar surface area (TPSA) is 30.8 Å². The number of aliphatic imine (C=N–C) groups is 1. The van der Waals surface area contributed by atoms with Crippen molar-refractivity contribution in [2.75, 3.05) is 0 Å². The first kappa shape index (κ1) is 14.9. The van der Waals surface area contributed by atoms with Crippen molar-refractivity contribution in [1.82, 2.24) is 0 Å². The van der Waals surface area contributed by atoms with Crippen LogP contribution in [0.3, 0.4) is 0 Å². The van der Waals surface area contributed by atoms with Crippen LogP contribution in [0.15, 0.2) is 77.8 Å². The number of nitrogens with zero attached hydrogens (tertiary/aromatic N) is 1. The molecule has 0 aliphatic rings. The minimum Gasteiger partial charge on any atom is -0.457 e. The Morgan fingerprint density at radius 3 is 1.83 bits per heavy atom. The number of ether oxygens (including phenoxy) is 2. The molecule has 0 unspecified atom stereocenters. The van der Waals surface area contributed by atoms with E-state index in [2.05, 4.69) is 11.7 Å². The molecule has 0 spiro atoms. The SMILES string of the molecule is C=Nc1cccc(Oc2cccc(Oc3cccc(C)c3)c2)c1. The first-order chi connectivity index (χ1) is 11.2. The van der Waals surface area contributed by atoms with Crippen molar-refractivity contribution in [3.8, 4) is 23.0 Å². The van der Waals surface area contributed by atoms with Gasteiger partial charge in [0.1, 0.15) is 23.0 Å². The second-order valence-electron chi connectivity index (χ2n) is 5.15.